The van der Waals surface area contributed by atoms with Gasteiger partial charge in [-0.05, 0) is 13.3 Å². The topological polar surface area (TPSA) is 87.4 Å². The van der Waals surface area contributed by atoms with Gasteiger partial charge in [0, 0.05) is 20.2 Å². The molecule has 1 heterocycles. The monoisotopic (exact) mass is 213 g/mol. The van der Waals surface area contributed by atoms with Crippen LogP contribution in [-0.4, -0.2) is 39.1 Å². The summed E-state index contributed by atoms with van der Waals surface area (Å²) in [7, 11) is 1.68. The van der Waals surface area contributed by atoms with Crippen LogP contribution >= 0.6 is 0 Å². The van der Waals surface area contributed by atoms with Gasteiger partial charge in [-0.1, -0.05) is 0 Å². The zero-order valence-electron chi connectivity index (χ0n) is 8.82. The second kappa shape index (κ2) is 4.79. The molecule has 15 heavy (non-hydrogen) atoms. The second-order valence-electron chi connectivity index (χ2n) is 3.24. The maximum atomic E-state index is 10.9. The van der Waals surface area contributed by atoms with Crippen LogP contribution in [0.1, 0.15) is 22.5 Å². The fraction of sp³-hybridized carbons (Fsp3) is 0.556. The number of anilines is 1. The molecule has 84 valence electrons. The Balaban J connectivity index is 2.89. The third kappa shape index (κ3) is 2.47. The molecule has 0 saturated carbocycles. The van der Waals surface area contributed by atoms with E-state index in [9.17, 15) is 4.79 Å². The van der Waals surface area contributed by atoms with E-state index in [1.807, 2.05) is 0 Å². The Kier molecular flexibility index (Phi) is 3.68. The maximum absolute atomic E-state index is 10.9. The van der Waals surface area contributed by atoms with Crippen LogP contribution in [0.25, 0.3) is 0 Å². The van der Waals surface area contributed by atoms with Crippen molar-refractivity contribution in [2.24, 2.45) is 7.05 Å². The highest BCUT2D eigenvalue weighted by Gasteiger charge is 2.18. The van der Waals surface area contributed by atoms with Crippen molar-refractivity contribution in [2.45, 2.75) is 13.3 Å². The van der Waals surface area contributed by atoms with E-state index in [2.05, 4.69) is 10.4 Å². The summed E-state index contributed by atoms with van der Waals surface area (Å²) in [6.07, 6.45) is 0.573. The molecule has 1 rings (SSSR count). The van der Waals surface area contributed by atoms with E-state index in [4.69, 9.17) is 10.2 Å². The summed E-state index contributed by atoms with van der Waals surface area (Å²) in [5, 5.41) is 24.6. The second-order valence-corrected chi connectivity index (χ2v) is 3.24. The summed E-state index contributed by atoms with van der Waals surface area (Å²) in [6.45, 7) is 2.25. The molecule has 6 nitrogen and oxygen atoms in total. The van der Waals surface area contributed by atoms with Crippen molar-refractivity contribution in [3.63, 3.8) is 0 Å². The number of rotatable bonds is 5. The Morgan fingerprint density at radius 1 is 1.60 bits per heavy atom. The van der Waals surface area contributed by atoms with Crippen LogP contribution < -0.4 is 5.32 Å². The molecule has 0 radical (unpaired) electrons. The predicted octanol–water partition coefficient (Wildman–Crippen LogP) is 0.221. The largest absolute Gasteiger partial charge is 0.477 e. The number of aliphatic hydroxyl groups excluding tert-OH is 1. The Labute approximate surface area is 87.5 Å². The molecule has 0 aromatic carbocycles. The summed E-state index contributed by atoms with van der Waals surface area (Å²) in [4.78, 5) is 10.9. The molecule has 0 bridgehead atoms. The lowest BCUT2D eigenvalue weighted by Crippen LogP contribution is -2.11. The van der Waals surface area contributed by atoms with Crippen molar-refractivity contribution in [1.29, 1.82) is 0 Å². The molecular formula is C9H15N3O3. The standard InChI is InChI=1S/C9H15N3O3/c1-6-7(9(14)15)8(12(2)11-6)10-4-3-5-13/h10,13H,3-5H2,1-2H3,(H,14,15). The zero-order valence-corrected chi connectivity index (χ0v) is 8.82. The molecule has 1 aromatic heterocycles. The Morgan fingerprint density at radius 3 is 2.80 bits per heavy atom. The van der Waals surface area contributed by atoms with Gasteiger partial charge >= 0.3 is 5.97 Å². The molecular weight excluding hydrogens is 198 g/mol. The molecule has 0 atom stereocenters. The molecule has 0 aliphatic carbocycles. The van der Waals surface area contributed by atoms with Gasteiger partial charge in [-0.2, -0.15) is 5.10 Å². The summed E-state index contributed by atoms with van der Waals surface area (Å²) in [5.74, 6) is -0.513. The Morgan fingerprint density at radius 2 is 2.27 bits per heavy atom. The van der Waals surface area contributed by atoms with Gasteiger partial charge in [0.15, 0.2) is 0 Å². The number of carboxylic acid groups (broad SMARTS) is 1. The van der Waals surface area contributed by atoms with Gasteiger partial charge in [0.25, 0.3) is 0 Å². The molecule has 0 aliphatic rings. The molecule has 0 saturated heterocycles. The summed E-state index contributed by atoms with van der Waals surface area (Å²) in [5.41, 5.74) is 0.673. The minimum atomic E-state index is -0.993. The van der Waals surface area contributed by atoms with Crippen LogP contribution in [-0.2, 0) is 7.05 Å². The normalized spacial score (nSPS) is 10.3. The van der Waals surface area contributed by atoms with E-state index in [1.165, 1.54) is 4.68 Å². The van der Waals surface area contributed by atoms with Crippen molar-refractivity contribution in [3.8, 4) is 0 Å². The van der Waals surface area contributed by atoms with Crippen molar-refractivity contribution in [2.75, 3.05) is 18.5 Å². The minimum Gasteiger partial charge on any atom is -0.477 e. The van der Waals surface area contributed by atoms with Gasteiger partial charge in [0.2, 0.25) is 0 Å². The van der Waals surface area contributed by atoms with Gasteiger partial charge in [0.1, 0.15) is 11.4 Å². The number of aromatic carboxylic acids is 1. The molecule has 0 unspecified atom stereocenters. The first-order valence-corrected chi connectivity index (χ1v) is 4.69. The Hall–Kier alpha value is -1.56. The number of carboxylic acids is 1. The minimum absolute atomic E-state index is 0.0756. The van der Waals surface area contributed by atoms with Gasteiger partial charge in [-0.15, -0.1) is 0 Å². The number of hydrogen-bond acceptors (Lipinski definition) is 4. The van der Waals surface area contributed by atoms with Gasteiger partial charge < -0.3 is 15.5 Å². The van der Waals surface area contributed by atoms with E-state index in [1.54, 1.807) is 14.0 Å². The highest BCUT2D eigenvalue weighted by molar-refractivity contribution is 5.94. The molecule has 0 aliphatic heterocycles. The van der Waals surface area contributed by atoms with Crippen molar-refractivity contribution >= 4 is 11.8 Å². The number of nitrogens with one attached hydrogen (secondary N) is 1. The summed E-state index contributed by atoms with van der Waals surface area (Å²) in [6, 6.07) is 0. The highest BCUT2D eigenvalue weighted by atomic mass is 16.4. The lowest BCUT2D eigenvalue weighted by molar-refractivity contribution is 0.0697. The lowest BCUT2D eigenvalue weighted by atomic mass is 10.2. The first-order valence-electron chi connectivity index (χ1n) is 4.69. The van der Waals surface area contributed by atoms with E-state index in [-0.39, 0.29) is 12.2 Å². The molecule has 6 heteroatoms. The third-order valence-corrected chi connectivity index (χ3v) is 2.06. The fourth-order valence-corrected chi connectivity index (χ4v) is 1.40. The smallest absolute Gasteiger partial charge is 0.341 e. The fourth-order valence-electron chi connectivity index (χ4n) is 1.40. The molecule has 1 aromatic rings. The Bertz CT molecular complexity index is 360. The van der Waals surface area contributed by atoms with Crippen LogP contribution in [0.4, 0.5) is 5.82 Å². The van der Waals surface area contributed by atoms with Crippen LogP contribution in [0, 0.1) is 6.92 Å². The number of aliphatic hydroxyl groups is 1. The predicted molar refractivity (Wildman–Crippen MR) is 55.1 cm³/mol. The average Bonchev–Trinajstić information content (AvgIpc) is 2.42. The summed E-state index contributed by atoms with van der Waals surface area (Å²) >= 11 is 0. The first kappa shape index (κ1) is 11.5. The summed E-state index contributed by atoms with van der Waals surface area (Å²) < 4.78 is 1.50. The number of aryl methyl sites for hydroxylation is 2. The average molecular weight is 213 g/mol. The van der Waals surface area contributed by atoms with E-state index in [0.717, 1.165) is 0 Å². The number of carbonyl (C=O) groups is 1. The molecule has 0 amide bonds. The van der Waals surface area contributed by atoms with Gasteiger partial charge in [-0.3, -0.25) is 4.68 Å². The van der Waals surface area contributed by atoms with Crippen LogP contribution in [0.3, 0.4) is 0 Å². The van der Waals surface area contributed by atoms with Crippen LogP contribution in [0.5, 0.6) is 0 Å². The molecule has 0 fully saturated rings. The van der Waals surface area contributed by atoms with Crippen molar-refractivity contribution in [3.05, 3.63) is 11.3 Å². The number of hydrogen-bond donors (Lipinski definition) is 3. The zero-order chi connectivity index (χ0) is 11.4. The molecule has 3 N–H and O–H groups in total. The van der Waals surface area contributed by atoms with Crippen molar-refractivity contribution < 1.29 is 15.0 Å². The van der Waals surface area contributed by atoms with Crippen LogP contribution in [0.15, 0.2) is 0 Å². The first-order chi connectivity index (χ1) is 7.07. The lowest BCUT2D eigenvalue weighted by Gasteiger charge is -2.06. The quantitative estimate of drug-likeness (QED) is 0.609. The maximum Gasteiger partial charge on any atom is 0.341 e. The SMILES string of the molecule is Cc1nn(C)c(NCCCO)c1C(=O)O. The van der Waals surface area contributed by atoms with E-state index >= 15 is 0 Å². The van der Waals surface area contributed by atoms with Crippen molar-refractivity contribution in [1.82, 2.24) is 9.78 Å². The highest BCUT2D eigenvalue weighted by Crippen LogP contribution is 2.18. The van der Waals surface area contributed by atoms with Gasteiger partial charge in [-0.25, -0.2) is 4.79 Å². The van der Waals surface area contributed by atoms with Crippen LogP contribution in [0.2, 0.25) is 0 Å². The molecule has 0 spiro atoms. The van der Waals surface area contributed by atoms with Gasteiger partial charge in [0.05, 0.1) is 5.69 Å². The number of nitrogens with zero attached hydrogens (tertiary/aromatic N) is 2. The van der Waals surface area contributed by atoms with E-state index in [0.29, 0.717) is 24.5 Å². The number of aromatic nitrogens is 2. The van der Waals surface area contributed by atoms with E-state index < -0.39 is 5.97 Å². The third-order valence-electron chi connectivity index (χ3n) is 2.06.